The molecule has 0 amide bonds. The summed E-state index contributed by atoms with van der Waals surface area (Å²) in [4.78, 5) is -0.980. The van der Waals surface area contributed by atoms with Crippen molar-refractivity contribution in [1.29, 1.82) is 0 Å². The van der Waals surface area contributed by atoms with Crippen LogP contribution in [-0.4, -0.2) is 51.9 Å². The zero-order valence-corrected chi connectivity index (χ0v) is 36.9. The fraction of sp³-hybridized carbons (Fsp3) is 0.0204. The summed E-state index contributed by atoms with van der Waals surface area (Å²) in [6, 6.07) is 54.1. The molecule has 328 valence electrons. The Kier molecular flexibility index (Phi) is 11.8. The summed E-state index contributed by atoms with van der Waals surface area (Å²) < 4.78 is 132. The first-order chi connectivity index (χ1) is 30.7. The number of hydrogen-bond acceptors (Lipinski definition) is 8. The Morgan fingerprint density at radius 3 is 0.462 bits per heavy atom. The van der Waals surface area contributed by atoms with Gasteiger partial charge in [0.1, 0.15) is 0 Å². The Morgan fingerprint density at radius 1 is 0.215 bits per heavy atom. The molecule has 0 radical (unpaired) electrons. The van der Waals surface area contributed by atoms with Crippen molar-refractivity contribution in [1.82, 2.24) is 0 Å². The van der Waals surface area contributed by atoms with Crippen LogP contribution in [0.1, 0.15) is 22.3 Å². The molecular weight excluding hydrogens is 909 g/mol. The van der Waals surface area contributed by atoms with Gasteiger partial charge in [0.25, 0.3) is 40.5 Å². The first-order valence-corrected chi connectivity index (χ1v) is 25.2. The minimum absolute atomic E-state index is 0.245. The fourth-order valence-electron chi connectivity index (χ4n) is 7.93. The quantitative estimate of drug-likeness (QED) is 0.0665. The van der Waals surface area contributed by atoms with Crippen molar-refractivity contribution in [2.45, 2.75) is 25.0 Å². The Labute approximate surface area is 376 Å². The first kappa shape index (κ1) is 45.0. The molecule has 0 bridgehead atoms. The Morgan fingerprint density at radius 2 is 0.338 bits per heavy atom. The highest BCUT2D eigenvalue weighted by Crippen LogP contribution is 2.47. The van der Waals surface area contributed by atoms with Crippen LogP contribution in [0.3, 0.4) is 0 Å². The van der Waals surface area contributed by atoms with E-state index in [1.807, 2.05) is 97.1 Å². The van der Waals surface area contributed by atoms with E-state index in [9.17, 15) is 51.9 Å². The minimum Gasteiger partial charge on any atom is -0.282 e. The molecular formula is C49H36O12S4. The summed E-state index contributed by atoms with van der Waals surface area (Å²) in [7, 11) is -17.6. The van der Waals surface area contributed by atoms with Crippen LogP contribution in [0.25, 0.3) is 44.5 Å². The molecule has 8 rings (SSSR count). The van der Waals surface area contributed by atoms with Crippen LogP contribution in [0.4, 0.5) is 0 Å². The largest absolute Gasteiger partial charge is 0.294 e. The summed E-state index contributed by atoms with van der Waals surface area (Å²) in [5.74, 6) is 0. The SMILES string of the molecule is O=S(=O)(O)c1ccc(-c2ccc(C(c3ccc(-c4ccc(S(=O)(=O)O)cc4)cc3)(c3ccc(-c4ccc(S(=O)(=O)O)cc4)cc3)c3ccc(-c4ccc(S(=O)(=O)O)cc4)cc3)cc2)cc1. The van der Waals surface area contributed by atoms with Gasteiger partial charge in [0, 0.05) is 0 Å². The van der Waals surface area contributed by atoms with Crippen LogP contribution in [0.2, 0.25) is 0 Å². The zero-order valence-electron chi connectivity index (χ0n) is 33.7. The summed E-state index contributed by atoms with van der Waals surface area (Å²) in [5, 5.41) is 0. The second-order valence-corrected chi connectivity index (χ2v) is 20.7. The van der Waals surface area contributed by atoms with Gasteiger partial charge in [-0.1, -0.05) is 146 Å². The maximum atomic E-state index is 11.8. The molecule has 4 N–H and O–H groups in total. The normalized spacial score (nSPS) is 12.5. The third kappa shape index (κ3) is 9.33. The molecule has 0 saturated heterocycles. The summed E-state index contributed by atoms with van der Waals surface area (Å²) in [6.45, 7) is 0. The summed E-state index contributed by atoms with van der Waals surface area (Å²) in [6.07, 6.45) is 0. The molecule has 0 aliphatic carbocycles. The van der Waals surface area contributed by atoms with E-state index < -0.39 is 45.9 Å². The second-order valence-electron chi connectivity index (χ2n) is 15.1. The molecule has 0 aromatic heterocycles. The van der Waals surface area contributed by atoms with Crippen LogP contribution in [0.15, 0.2) is 214 Å². The Hall–Kier alpha value is -6.60. The van der Waals surface area contributed by atoms with E-state index in [2.05, 4.69) is 0 Å². The molecule has 65 heavy (non-hydrogen) atoms. The van der Waals surface area contributed by atoms with E-state index in [1.165, 1.54) is 48.5 Å². The van der Waals surface area contributed by atoms with Gasteiger partial charge in [0.15, 0.2) is 0 Å². The van der Waals surface area contributed by atoms with E-state index in [4.69, 9.17) is 0 Å². The van der Waals surface area contributed by atoms with Gasteiger partial charge in [-0.2, -0.15) is 33.7 Å². The molecule has 0 aliphatic rings. The Balaban J connectivity index is 1.32. The molecule has 0 fully saturated rings. The second kappa shape index (κ2) is 17.1. The van der Waals surface area contributed by atoms with Crippen LogP contribution >= 0.6 is 0 Å². The average molecular weight is 945 g/mol. The van der Waals surface area contributed by atoms with Gasteiger partial charge in [0.2, 0.25) is 0 Å². The summed E-state index contributed by atoms with van der Waals surface area (Å²) >= 11 is 0. The highest BCUT2D eigenvalue weighted by Gasteiger charge is 2.38. The van der Waals surface area contributed by atoms with Gasteiger partial charge in [-0.15, -0.1) is 0 Å². The molecule has 0 unspecified atom stereocenters. The maximum Gasteiger partial charge on any atom is 0.294 e. The van der Waals surface area contributed by atoms with Crippen molar-refractivity contribution in [2.75, 3.05) is 0 Å². The lowest BCUT2D eigenvalue weighted by molar-refractivity contribution is 0.481. The monoisotopic (exact) mass is 944 g/mol. The van der Waals surface area contributed by atoms with Crippen molar-refractivity contribution in [3.8, 4) is 44.5 Å². The van der Waals surface area contributed by atoms with Crippen molar-refractivity contribution in [3.05, 3.63) is 216 Å². The van der Waals surface area contributed by atoms with Crippen LogP contribution < -0.4 is 0 Å². The predicted molar refractivity (Wildman–Crippen MR) is 246 cm³/mol. The molecule has 0 spiro atoms. The number of hydrogen-bond donors (Lipinski definition) is 4. The average Bonchev–Trinajstić information content (AvgIpc) is 3.29. The molecule has 8 aromatic rings. The van der Waals surface area contributed by atoms with Crippen molar-refractivity contribution < 1.29 is 51.9 Å². The van der Waals surface area contributed by atoms with Crippen LogP contribution in [-0.2, 0) is 45.9 Å². The highest BCUT2D eigenvalue weighted by atomic mass is 32.2. The fourth-order valence-corrected chi connectivity index (χ4v) is 9.85. The molecule has 0 aliphatic heterocycles. The van der Waals surface area contributed by atoms with E-state index in [-0.39, 0.29) is 19.6 Å². The van der Waals surface area contributed by atoms with Gasteiger partial charge in [-0.05, 0) is 115 Å². The highest BCUT2D eigenvalue weighted by molar-refractivity contribution is 7.86. The maximum absolute atomic E-state index is 11.8. The Bertz CT molecular complexity index is 3010. The smallest absolute Gasteiger partial charge is 0.282 e. The molecule has 0 atom stereocenters. The van der Waals surface area contributed by atoms with Gasteiger partial charge >= 0.3 is 0 Å². The van der Waals surface area contributed by atoms with Crippen molar-refractivity contribution >= 4 is 40.5 Å². The predicted octanol–water partition coefficient (Wildman–Crippen LogP) is 9.72. The lowest BCUT2D eigenvalue weighted by atomic mass is 9.64. The van der Waals surface area contributed by atoms with Crippen molar-refractivity contribution in [3.63, 3.8) is 0 Å². The van der Waals surface area contributed by atoms with E-state index >= 15 is 0 Å². The van der Waals surface area contributed by atoms with Crippen molar-refractivity contribution in [2.24, 2.45) is 0 Å². The number of benzene rings is 8. The summed E-state index contributed by atoms with van der Waals surface area (Å²) in [5.41, 5.74) is 7.88. The van der Waals surface area contributed by atoms with E-state index in [1.54, 1.807) is 48.5 Å². The molecule has 0 heterocycles. The molecule has 16 heteroatoms. The lowest BCUT2D eigenvalue weighted by Crippen LogP contribution is -2.31. The zero-order chi connectivity index (χ0) is 46.4. The first-order valence-electron chi connectivity index (χ1n) is 19.5. The van der Waals surface area contributed by atoms with Crippen LogP contribution in [0.5, 0.6) is 0 Å². The van der Waals surface area contributed by atoms with Gasteiger partial charge in [-0.25, -0.2) is 0 Å². The molecule has 8 aromatic carbocycles. The van der Waals surface area contributed by atoms with Gasteiger partial charge < -0.3 is 0 Å². The molecule has 12 nitrogen and oxygen atoms in total. The minimum atomic E-state index is -4.41. The third-order valence-corrected chi connectivity index (χ3v) is 14.7. The van der Waals surface area contributed by atoms with Gasteiger partial charge in [-0.3, -0.25) is 18.2 Å². The standard InChI is InChI=1S/C49H36O12S4/c50-62(51,52)45-25-9-37(10-26-45)33-1-17-41(18-2-33)49(42-19-3-34(4-20-42)38-11-27-46(28-12-38)63(53,54)55,43-21-5-35(6-22-43)39-13-29-47(30-14-39)64(56,57)58)44-23-7-36(8-24-44)40-15-31-48(32-16-40)65(59,60)61/h1-32H,(H,50,51,52)(H,53,54,55)(H,56,57,58)(H,59,60,61). The topological polar surface area (TPSA) is 217 Å². The lowest BCUT2D eigenvalue weighted by Gasteiger charge is -2.37. The van der Waals surface area contributed by atoms with E-state index in [0.29, 0.717) is 22.3 Å². The molecule has 0 saturated carbocycles. The number of rotatable bonds is 12. The van der Waals surface area contributed by atoms with Gasteiger partial charge in [0.05, 0.1) is 25.0 Å². The third-order valence-electron chi connectivity index (χ3n) is 11.2. The van der Waals surface area contributed by atoms with E-state index in [0.717, 1.165) is 44.5 Å². The van der Waals surface area contributed by atoms with Crippen LogP contribution in [0, 0.1) is 0 Å².